The lowest BCUT2D eigenvalue weighted by molar-refractivity contribution is -0.384. The van der Waals surface area contributed by atoms with Crippen molar-refractivity contribution in [2.75, 3.05) is 25.1 Å². The molecule has 0 bridgehead atoms. The maximum absolute atomic E-state index is 12.4. The van der Waals surface area contributed by atoms with Crippen LogP contribution in [0.3, 0.4) is 0 Å². The van der Waals surface area contributed by atoms with Gasteiger partial charge < -0.3 is 10.7 Å². The molecule has 4 N–H and O–H groups in total. The number of carbonyl (C=O) groups is 1. The van der Waals surface area contributed by atoms with Gasteiger partial charge in [0.2, 0.25) is 15.9 Å². The van der Waals surface area contributed by atoms with E-state index in [0.717, 1.165) is 22.5 Å². The van der Waals surface area contributed by atoms with Crippen LogP contribution in [0.5, 0.6) is 0 Å². The maximum Gasteiger partial charge on any atom is 0.293 e. The number of amides is 1. The van der Waals surface area contributed by atoms with Gasteiger partial charge in [-0.15, -0.1) is 0 Å². The molecule has 0 radical (unpaired) electrons. The Morgan fingerprint density at radius 1 is 1.43 bits per heavy atom. The number of nitro benzene ring substituents is 1. The number of nitro groups is 1. The zero-order valence-corrected chi connectivity index (χ0v) is 11.6. The fraction of sp³-hybridized carbons (Fsp3) is 0.300. The van der Waals surface area contributed by atoms with E-state index in [1.54, 1.807) is 0 Å². The molecular formula is C10H13N5O5S. The number of hydrogen-bond acceptors (Lipinski definition) is 7. The lowest BCUT2D eigenvalue weighted by Gasteiger charge is -2.26. The molecule has 1 fully saturated rings. The second-order valence-corrected chi connectivity index (χ2v) is 6.21. The predicted molar refractivity (Wildman–Crippen MR) is 72.7 cm³/mol. The van der Waals surface area contributed by atoms with Crippen LogP contribution in [0, 0.1) is 10.1 Å². The monoisotopic (exact) mass is 315 g/mol. The van der Waals surface area contributed by atoms with E-state index in [4.69, 9.17) is 5.84 Å². The van der Waals surface area contributed by atoms with Crippen LogP contribution < -0.4 is 16.6 Å². The molecule has 11 heteroatoms. The minimum atomic E-state index is -3.92. The summed E-state index contributed by atoms with van der Waals surface area (Å²) in [5.41, 5.74) is 1.63. The molecule has 1 aromatic carbocycles. The normalized spacial score (nSPS) is 16.3. The maximum atomic E-state index is 12.4. The minimum Gasteiger partial charge on any atom is -0.354 e. The molecule has 0 spiro atoms. The average Bonchev–Trinajstić information content (AvgIpc) is 2.46. The van der Waals surface area contributed by atoms with E-state index in [-0.39, 0.29) is 35.9 Å². The molecule has 0 aliphatic carbocycles. The Morgan fingerprint density at radius 2 is 2.14 bits per heavy atom. The van der Waals surface area contributed by atoms with Crippen LogP contribution in [0.2, 0.25) is 0 Å². The summed E-state index contributed by atoms with van der Waals surface area (Å²) in [4.78, 5) is 21.2. The van der Waals surface area contributed by atoms with Crippen LogP contribution in [-0.4, -0.2) is 43.2 Å². The number of hydrogen-bond donors (Lipinski definition) is 3. The van der Waals surface area contributed by atoms with Crippen LogP contribution in [0.4, 0.5) is 11.4 Å². The summed E-state index contributed by atoms with van der Waals surface area (Å²) in [5.74, 6) is 4.77. The van der Waals surface area contributed by atoms with Crippen molar-refractivity contribution >= 4 is 27.3 Å². The van der Waals surface area contributed by atoms with Crippen LogP contribution in [0.15, 0.2) is 23.1 Å². The largest absolute Gasteiger partial charge is 0.354 e. The smallest absolute Gasteiger partial charge is 0.293 e. The van der Waals surface area contributed by atoms with Crippen molar-refractivity contribution in [2.24, 2.45) is 5.84 Å². The number of piperazine rings is 1. The molecule has 1 heterocycles. The third kappa shape index (κ3) is 2.94. The first kappa shape index (κ1) is 15.2. The van der Waals surface area contributed by atoms with E-state index in [2.05, 4.69) is 10.7 Å². The summed E-state index contributed by atoms with van der Waals surface area (Å²) >= 11 is 0. The highest BCUT2D eigenvalue weighted by atomic mass is 32.2. The Balaban J connectivity index is 2.40. The van der Waals surface area contributed by atoms with Crippen LogP contribution in [0.1, 0.15) is 0 Å². The third-order valence-electron chi connectivity index (χ3n) is 2.96. The molecule has 1 aliphatic heterocycles. The Bertz CT molecular complexity index is 689. The lowest BCUT2D eigenvalue weighted by atomic mass is 10.3. The van der Waals surface area contributed by atoms with Crippen molar-refractivity contribution < 1.29 is 18.1 Å². The molecule has 10 nitrogen and oxygen atoms in total. The first-order chi connectivity index (χ1) is 9.86. The van der Waals surface area contributed by atoms with Crippen molar-refractivity contribution in [2.45, 2.75) is 4.90 Å². The quantitative estimate of drug-likeness (QED) is 0.366. The fourth-order valence-electron chi connectivity index (χ4n) is 1.92. The zero-order valence-electron chi connectivity index (χ0n) is 10.8. The van der Waals surface area contributed by atoms with E-state index in [0.29, 0.717) is 0 Å². The summed E-state index contributed by atoms with van der Waals surface area (Å²) in [5, 5.41) is 13.3. The highest BCUT2D eigenvalue weighted by molar-refractivity contribution is 7.89. The number of hydrazine groups is 1. The van der Waals surface area contributed by atoms with Gasteiger partial charge in [0, 0.05) is 19.2 Å². The van der Waals surface area contributed by atoms with Gasteiger partial charge in [0.15, 0.2) is 0 Å². The second-order valence-electron chi connectivity index (χ2n) is 4.27. The standard InChI is InChI=1S/C10H13N5O5S/c11-13-8-5-7(1-2-9(8)15(17)18)21(19,20)14-4-3-12-10(16)6-14/h1-2,5,13H,3-4,6,11H2,(H,12,16). The second kappa shape index (κ2) is 5.63. The first-order valence-corrected chi connectivity index (χ1v) is 7.32. The van der Waals surface area contributed by atoms with E-state index < -0.39 is 20.9 Å². The van der Waals surface area contributed by atoms with Gasteiger partial charge in [-0.2, -0.15) is 4.31 Å². The van der Waals surface area contributed by atoms with Gasteiger partial charge in [-0.25, -0.2) is 8.42 Å². The van der Waals surface area contributed by atoms with Crippen molar-refractivity contribution in [3.05, 3.63) is 28.3 Å². The van der Waals surface area contributed by atoms with E-state index in [1.165, 1.54) is 0 Å². The van der Waals surface area contributed by atoms with Crippen LogP contribution in [0.25, 0.3) is 0 Å². The van der Waals surface area contributed by atoms with Crippen LogP contribution >= 0.6 is 0 Å². The van der Waals surface area contributed by atoms with Crippen molar-refractivity contribution in [3.8, 4) is 0 Å². The van der Waals surface area contributed by atoms with Gasteiger partial charge in [0.1, 0.15) is 5.69 Å². The van der Waals surface area contributed by atoms with Crippen molar-refractivity contribution in [1.29, 1.82) is 0 Å². The number of benzene rings is 1. The zero-order chi connectivity index (χ0) is 15.6. The Morgan fingerprint density at radius 3 is 2.71 bits per heavy atom. The van der Waals surface area contributed by atoms with E-state index in [1.807, 2.05) is 0 Å². The molecule has 2 rings (SSSR count). The van der Waals surface area contributed by atoms with Gasteiger partial charge in [0.25, 0.3) is 5.69 Å². The molecule has 0 saturated carbocycles. The number of nitrogens with one attached hydrogen (secondary N) is 2. The van der Waals surface area contributed by atoms with Gasteiger partial charge in [-0.05, 0) is 12.1 Å². The van der Waals surface area contributed by atoms with E-state index in [9.17, 15) is 23.3 Å². The van der Waals surface area contributed by atoms with Crippen LogP contribution in [-0.2, 0) is 14.8 Å². The van der Waals surface area contributed by atoms with E-state index >= 15 is 0 Å². The van der Waals surface area contributed by atoms with Gasteiger partial charge in [-0.1, -0.05) is 0 Å². The molecule has 0 unspecified atom stereocenters. The number of rotatable bonds is 4. The highest BCUT2D eigenvalue weighted by Crippen LogP contribution is 2.28. The number of nitrogen functional groups attached to an aromatic ring is 1. The highest BCUT2D eigenvalue weighted by Gasteiger charge is 2.30. The summed E-state index contributed by atoms with van der Waals surface area (Å²) < 4.78 is 25.8. The van der Waals surface area contributed by atoms with Crippen molar-refractivity contribution in [3.63, 3.8) is 0 Å². The number of anilines is 1. The predicted octanol–water partition coefficient (Wildman–Crippen LogP) is -0.999. The molecule has 1 amide bonds. The lowest BCUT2D eigenvalue weighted by Crippen LogP contribution is -2.49. The molecule has 1 aromatic rings. The number of nitrogens with two attached hydrogens (primary N) is 1. The number of sulfonamides is 1. The van der Waals surface area contributed by atoms with Crippen molar-refractivity contribution in [1.82, 2.24) is 9.62 Å². The summed E-state index contributed by atoms with van der Waals surface area (Å²) in [6.07, 6.45) is 0. The van der Waals surface area contributed by atoms with Gasteiger partial charge in [-0.3, -0.25) is 20.8 Å². The molecule has 21 heavy (non-hydrogen) atoms. The number of carbonyl (C=O) groups excluding carboxylic acids is 1. The Kier molecular flexibility index (Phi) is 4.06. The Labute approximate surface area is 120 Å². The minimum absolute atomic E-state index is 0.123. The van der Waals surface area contributed by atoms with Gasteiger partial charge >= 0.3 is 0 Å². The number of nitrogens with zero attached hydrogens (tertiary/aromatic N) is 2. The Hall–Kier alpha value is -2.24. The first-order valence-electron chi connectivity index (χ1n) is 5.88. The molecule has 1 saturated heterocycles. The molecular weight excluding hydrogens is 302 g/mol. The third-order valence-corrected chi connectivity index (χ3v) is 4.80. The molecule has 0 atom stereocenters. The summed E-state index contributed by atoms with van der Waals surface area (Å²) in [6, 6.07) is 3.23. The van der Waals surface area contributed by atoms with Gasteiger partial charge in [0.05, 0.1) is 16.4 Å². The summed E-state index contributed by atoms with van der Waals surface area (Å²) in [6.45, 7) is 0.0637. The molecule has 1 aliphatic rings. The molecule has 0 aromatic heterocycles. The SMILES string of the molecule is NNc1cc(S(=O)(=O)N2CCNC(=O)C2)ccc1[N+](=O)[O-]. The fourth-order valence-corrected chi connectivity index (χ4v) is 3.34. The summed E-state index contributed by atoms with van der Waals surface area (Å²) in [7, 11) is -3.92. The topological polar surface area (TPSA) is 148 Å². The molecule has 114 valence electrons. The average molecular weight is 315 g/mol.